The molecular weight excluding hydrogens is 394 g/mol. The normalized spacial score (nSPS) is 12.0. The van der Waals surface area contributed by atoms with Gasteiger partial charge >= 0.3 is 0 Å². The van der Waals surface area contributed by atoms with E-state index in [1.807, 2.05) is 21.1 Å². The minimum Gasteiger partial charge on any atom is -0.388 e. The van der Waals surface area contributed by atoms with Gasteiger partial charge in [0.1, 0.15) is 5.52 Å². The van der Waals surface area contributed by atoms with Crippen LogP contribution in [0.2, 0.25) is 0 Å². The Balaban J connectivity index is 1.89. The molecule has 3 N–H and O–H groups in total. The number of rotatable bonds is 8. The molecule has 0 bridgehead atoms. The number of aromatic nitrogens is 2. The van der Waals surface area contributed by atoms with Gasteiger partial charge in [0, 0.05) is 73.4 Å². The van der Waals surface area contributed by atoms with Crippen LogP contribution in [-0.4, -0.2) is 30.9 Å². The van der Waals surface area contributed by atoms with E-state index in [9.17, 15) is 0 Å². The van der Waals surface area contributed by atoms with E-state index in [1.54, 1.807) is 0 Å². The smallest absolute Gasteiger partial charge is 0.101 e. The number of nitrogens with zero attached hydrogens (tertiary/aromatic N) is 2. The van der Waals surface area contributed by atoms with Crippen LogP contribution in [0.3, 0.4) is 0 Å². The quantitative estimate of drug-likeness (QED) is 0.318. The summed E-state index contributed by atoms with van der Waals surface area (Å²) in [4.78, 5) is 0. The molecule has 0 amide bonds. The van der Waals surface area contributed by atoms with Gasteiger partial charge in [0.15, 0.2) is 0 Å². The van der Waals surface area contributed by atoms with E-state index >= 15 is 0 Å². The maximum absolute atomic E-state index is 5.04. The molecule has 4 rings (SSSR count). The van der Waals surface area contributed by atoms with Gasteiger partial charge in [-0.15, -0.1) is 0 Å². The number of anilines is 3. The Bertz CT molecular complexity index is 1180. The summed E-state index contributed by atoms with van der Waals surface area (Å²) in [5, 5.41) is 16.3. The van der Waals surface area contributed by atoms with Gasteiger partial charge in [0.05, 0.1) is 0 Å². The molecule has 0 spiro atoms. The lowest BCUT2D eigenvalue weighted by Crippen LogP contribution is -2.08. The molecule has 32 heavy (non-hydrogen) atoms. The lowest BCUT2D eigenvalue weighted by atomic mass is 9.90. The molecule has 5 nitrogen and oxygen atoms in total. The third-order valence-electron chi connectivity index (χ3n) is 6.35. The Morgan fingerprint density at radius 2 is 1.56 bits per heavy atom. The average Bonchev–Trinajstić information content (AvgIpc) is 3.18. The van der Waals surface area contributed by atoms with Crippen LogP contribution >= 0.6 is 0 Å². The number of hydrogen-bond acceptors (Lipinski definition) is 4. The number of aryl methyl sites for hydroxylation is 1. The Morgan fingerprint density at radius 3 is 2.16 bits per heavy atom. The summed E-state index contributed by atoms with van der Waals surface area (Å²) in [7, 11) is 7.95. The molecule has 1 atom stereocenters. The second-order valence-electron chi connectivity index (χ2n) is 8.20. The van der Waals surface area contributed by atoms with Crippen LogP contribution in [0.25, 0.3) is 22.0 Å². The molecule has 5 heteroatoms. The monoisotopic (exact) mass is 427 g/mol. The number of nitrogens with one attached hydrogen (secondary N) is 3. The first-order valence-electron chi connectivity index (χ1n) is 11.3. The predicted octanol–water partition coefficient (Wildman–Crippen LogP) is 6.10. The predicted molar refractivity (Wildman–Crippen MR) is 138 cm³/mol. The molecule has 0 fully saturated rings. The van der Waals surface area contributed by atoms with Crippen LogP contribution in [0, 0.1) is 0 Å². The van der Waals surface area contributed by atoms with Crippen molar-refractivity contribution in [3.8, 4) is 11.1 Å². The van der Waals surface area contributed by atoms with Crippen LogP contribution in [-0.2, 0) is 13.5 Å². The van der Waals surface area contributed by atoms with Gasteiger partial charge in [-0.1, -0.05) is 55.5 Å². The van der Waals surface area contributed by atoms with Gasteiger partial charge in [-0.3, -0.25) is 4.68 Å². The van der Waals surface area contributed by atoms with Crippen molar-refractivity contribution < 1.29 is 0 Å². The van der Waals surface area contributed by atoms with Crippen LogP contribution in [0.4, 0.5) is 17.1 Å². The third kappa shape index (κ3) is 3.91. The van der Waals surface area contributed by atoms with Crippen molar-refractivity contribution in [2.24, 2.45) is 7.05 Å². The van der Waals surface area contributed by atoms with Crippen molar-refractivity contribution in [2.75, 3.05) is 37.1 Å². The second kappa shape index (κ2) is 9.35. The molecule has 3 aromatic carbocycles. The molecule has 1 unspecified atom stereocenters. The highest BCUT2D eigenvalue weighted by atomic mass is 15.3. The van der Waals surface area contributed by atoms with Gasteiger partial charge in [0.25, 0.3) is 0 Å². The summed E-state index contributed by atoms with van der Waals surface area (Å²) in [5.41, 5.74) is 9.18. The minimum absolute atomic E-state index is 0.404. The van der Waals surface area contributed by atoms with Gasteiger partial charge in [-0.05, 0) is 30.5 Å². The molecular formula is C27H33N5. The second-order valence-corrected chi connectivity index (χ2v) is 8.20. The summed E-state index contributed by atoms with van der Waals surface area (Å²) < 4.78 is 2.09. The standard InChI is InChI=1S/C27H33N5/c1-6-19(15-18-11-8-7-9-12-18)27-22-14-10-13-21(26(22)31-32(27)5)25-23(29-3)16-20(28-2)17-24(25)30-4/h7-14,16-17,19,28-30H,6,15H2,1-5H3. The fourth-order valence-electron chi connectivity index (χ4n) is 4.73. The van der Waals surface area contributed by atoms with Crippen LogP contribution in [0.5, 0.6) is 0 Å². The van der Waals surface area contributed by atoms with E-state index in [1.165, 1.54) is 16.6 Å². The zero-order chi connectivity index (χ0) is 22.7. The molecule has 0 saturated heterocycles. The van der Waals surface area contributed by atoms with Crippen LogP contribution < -0.4 is 16.0 Å². The van der Waals surface area contributed by atoms with Crippen molar-refractivity contribution in [1.29, 1.82) is 0 Å². The Kier molecular flexibility index (Phi) is 6.35. The third-order valence-corrected chi connectivity index (χ3v) is 6.35. The molecule has 166 valence electrons. The van der Waals surface area contributed by atoms with Crippen LogP contribution in [0.1, 0.15) is 30.5 Å². The molecule has 0 saturated carbocycles. The molecule has 0 radical (unpaired) electrons. The van der Waals surface area contributed by atoms with E-state index in [0.29, 0.717) is 5.92 Å². The maximum atomic E-state index is 5.04. The number of hydrogen-bond donors (Lipinski definition) is 3. The van der Waals surface area contributed by atoms with E-state index < -0.39 is 0 Å². The lowest BCUT2D eigenvalue weighted by molar-refractivity contribution is 0.589. The largest absolute Gasteiger partial charge is 0.388 e. The van der Waals surface area contributed by atoms with Crippen molar-refractivity contribution in [3.05, 3.63) is 71.9 Å². The lowest BCUT2D eigenvalue weighted by Gasteiger charge is -2.18. The van der Waals surface area contributed by atoms with Gasteiger partial charge in [-0.2, -0.15) is 5.10 Å². The van der Waals surface area contributed by atoms with Gasteiger partial charge in [-0.25, -0.2) is 0 Å². The number of benzene rings is 3. The highest BCUT2D eigenvalue weighted by Gasteiger charge is 2.22. The Morgan fingerprint density at radius 1 is 0.875 bits per heavy atom. The van der Waals surface area contributed by atoms with Gasteiger partial charge in [0.2, 0.25) is 0 Å². The fraction of sp³-hybridized carbons (Fsp3) is 0.296. The molecule has 4 aromatic rings. The molecule has 1 heterocycles. The van der Waals surface area contributed by atoms with E-state index in [0.717, 1.165) is 46.5 Å². The SMILES string of the molecule is CCC(Cc1ccccc1)c1c2cccc(-c3c(NC)cc(NC)cc3NC)c2nn1C. The van der Waals surface area contributed by atoms with Crippen LogP contribution in [0.15, 0.2) is 60.7 Å². The molecule has 1 aromatic heterocycles. The topological polar surface area (TPSA) is 53.9 Å². The average molecular weight is 428 g/mol. The first-order chi connectivity index (χ1) is 15.6. The zero-order valence-corrected chi connectivity index (χ0v) is 19.7. The van der Waals surface area contributed by atoms with E-state index in [4.69, 9.17) is 5.10 Å². The minimum atomic E-state index is 0.404. The highest BCUT2D eigenvalue weighted by Crippen LogP contribution is 2.42. The molecule has 0 aliphatic heterocycles. The van der Waals surface area contributed by atoms with Gasteiger partial charge < -0.3 is 16.0 Å². The summed E-state index contributed by atoms with van der Waals surface area (Å²) in [6.07, 6.45) is 2.07. The number of fused-ring (bicyclic) bond motifs is 1. The van der Waals surface area contributed by atoms with Crippen molar-refractivity contribution in [1.82, 2.24) is 9.78 Å². The van der Waals surface area contributed by atoms with Crippen molar-refractivity contribution in [2.45, 2.75) is 25.7 Å². The molecule has 0 aliphatic rings. The summed E-state index contributed by atoms with van der Waals surface area (Å²) in [6.45, 7) is 2.27. The van der Waals surface area contributed by atoms with Crippen molar-refractivity contribution in [3.63, 3.8) is 0 Å². The highest BCUT2D eigenvalue weighted by molar-refractivity contribution is 6.03. The maximum Gasteiger partial charge on any atom is 0.101 e. The summed E-state index contributed by atoms with van der Waals surface area (Å²) in [5.74, 6) is 0.404. The van der Waals surface area contributed by atoms with Crippen molar-refractivity contribution >= 4 is 28.0 Å². The first-order valence-corrected chi connectivity index (χ1v) is 11.3. The Labute approximate surface area is 190 Å². The molecule has 0 aliphatic carbocycles. The first kappa shape index (κ1) is 21.8. The van der Waals surface area contributed by atoms with E-state index in [2.05, 4.69) is 95.3 Å². The summed E-state index contributed by atoms with van der Waals surface area (Å²) >= 11 is 0. The zero-order valence-electron chi connectivity index (χ0n) is 19.7. The summed E-state index contributed by atoms with van der Waals surface area (Å²) in [6, 6.07) is 21.6. The van der Waals surface area contributed by atoms with E-state index in [-0.39, 0.29) is 0 Å². The Hall–Kier alpha value is -3.47. The fourth-order valence-corrected chi connectivity index (χ4v) is 4.73.